The molecule has 46 heavy (non-hydrogen) atoms. The summed E-state index contributed by atoms with van der Waals surface area (Å²) in [6, 6.07) is 6.91. The van der Waals surface area contributed by atoms with Crippen LogP contribution >= 0.6 is 11.8 Å². The van der Waals surface area contributed by atoms with E-state index in [-0.39, 0.29) is 48.9 Å². The minimum Gasteiger partial charge on any atom is -0.446 e. The van der Waals surface area contributed by atoms with Gasteiger partial charge >= 0.3 is 6.09 Å². The molecule has 4 amide bonds. The first-order chi connectivity index (χ1) is 21.7. The molecule has 0 saturated heterocycles. The van der Waals surface area contributed by atoms with Gasteiger partial charge in [0, 0.05) is 25.1 Å². The monoisotopic (exact) mass is 661 g/mol. The Morgan fingerprint density at radius 1 is 0.957 bits per heavy atom. The molecular formula is C33H51N5O7S. The average Bonchev–Trinajstić information content (AvgIpc) is 3.33. The predicted octanol–water partition coefficient (Wildman–Crippen LogP) is 3.28. The van der Waals surface area contributed by atoms with Crippen molar-refractivity contribution in [2.24, 2.45) is 17.8 Å². The van der Waals surface area contributed by atoms with Crippen LogP contribution in [-0.2, 0) is 32.1 Å². The van der Waals surface area contributed by atoms with E-state index >= 15 is 0 Å². The van der Waals surface area contributed by atoms with E-state index in [0.717, 1.165) is 5.56 Å². The van der Waals surface area contributed by atoms with Crippen LogP contribution in [0.4, 0.5) is 4.79 Å². The number of ether oxygens (including phenoxy) is 1. The Morgan fingerprint density at radius 2 is 1.63 bits per heavy atom. The maximum Gasteiger partial charge on any atom is 0.408 e. The molecule has 0 radical (unpaired) electrons. The number of carbonyl (C=O) groups is 4. The molecule has 0 aliphatic heterocycles. The summed E-state index contributed by atoms with van der Waals surface area (Å²) in [5, 5.41) is 22.6. The van der Waals surface area contributed by atoms with Gasteiger partial charge in [-0.15, -0.1) is 0 Å². The number of aromatic nitrogens is 1. The van der Waals surface area contributed by atoms with Crippen LogP contribution in [0.25, 0.3) is 0 Å². The number of alkyl carbamates (subject to hydrolysis) is 1. The lowest BCUT2D eigenvalue weighted by molar-refractivity contribution is -0.132. The molecule has 13 heteroatoms. The first-order valence-corrected chi connectivity index (χ1v) is 17.1. The van der Waals surface area contributed by atoms with E-state index in [9.17, 15) is 24.3 Å². The highest BCUT2D eigenvalue weighted by Crippen LogP contribution is 2.16. The summed E-state index contributed by atoms with van der Waals surface area (Å²) in [7, 11) is 0. The summed E-state index contributed by atoms with van der Waals surface area (Å²) in [5.74, 6) is -0.415. The van der Waals surface area contributed by atoms with Crippen molar-refractivity contribution in [1.29, 1.82) is 0 Å². The number of thioether (sulfide) groups is 1. The van der Waals surface area contributed by atoms with Gasteiger partial charge in [-0.1, -0.05) is 65.0 Å². The highest BCUT2D eigenvalue weighted by Gasteiger charge is 2.31. The van der Waals surface area contributed by atoms with E-state index in [4.69, 9.17) is 9.15 Å². The molecule has 0 aliphatic carbocycles. The van der Waals surface area contributed by atoms with Gasteiger partial charge in [-0.25, -0.2) is 9.78 Å². The van der Waals surface area contributed by atoms with Crippen LogP contribution in [0.1, 0.15) is 63.9 Å². The largest absolute Gasteiger partial charge is 0.446 e. The highest BCUT2D eigenvalue weighted by atomic mass is 32.2. The molecule has 5 N–H and O–H groups in total. The zero-order valence-corrected chi connectivity index (χ0v) is 29.0. The third-order valence-corrected chi connectivity index (χ3v) is 8.01. The molecule has 2 aromatic rings. The highest BCUT2D eigenvalue weighted by molar-refractivity contribution is 7.98. The first kappa shape index (κ1) is 38.6. The van der Waals surface area contributed by atoms with E-state index in [1.807, 2.05) is 58.0 Å². The van der Waals surface area contributed by atoms with Gasteiger partial charge in [0.25, 0.3) is 0 Å². The van der Waals surface area contributed by atoms with Gasteiger partial charge < -0.3 is 35.5 Å². The Balaban J connectivity index is 2.11. The van der Waals surface area contributed by atoms with Gasteiger partial charge in [-0.3, -0.25) is 14.4 Å². The lowest BCUT2D eigenvalue weighted by atomic mass is 9.92. The Morgan fingerprint density at radius 3 is 2.20 bits per heavy atom. The molecule has 0 saturated carbocycles. The van der Waals surface area contributed by atoms with Crippen molar-refractivity contribution in [2.75, 3.05) is 18.6 Å². The molecule has 0 bridgehead atoms. The SMILES string of the molecule is CSC[C@H](NC(=O)OCc1nc(C)oc1C)C(=O)N[C@H](Cc1ccccc1)[C@@H](O)C[C@@H](C)C(=O)N[C@@H](C(=O)NCC(C)C)C(C)C. The Bertz CT molecular complexity index is 1270. The second-order valence-corrected chi connectivity index (χ2v) is 13.3. The number of benzene rings is 1. The van der Waals surface area contributed by atoms with Crippen LogP contribution in [0.3, 0.4) is 0 Å². The second kappa shape index (κ2) is 19.2. The molecule has 0 unspecified atom stereocenters. The minimum atomic E-state index is -1.11. The third-order valence-electron chi connectivity index (χ3n) is 7.35. The van der Waals surface area contributed by atoms with Gasteiger partial charge in [-0.2, -0.15) is 11.8 Å². The first-order valence-electron chi connectivity index (χ1n) is 15.7. The van der Waals surface area contributed by atoms with E-state index in [1.54, 1.807) is 27.0 Å². The lowest BCUT2D eigenvalue weighted by Crippen LogP contribution is -2.55. The molecule has 0 aliphatic rings. The number of hydrogen-bond donors (Lipinski definition) is 5. The van der Waals surface area contributed by atoms with Crippen molar-refractivity contribution in [3.63, 3.8) is 0 Å². The van der Waals surface area contributed by atoms with Gasteiger partial charge in [0.2, 0.25) is 17.7 Å². The van der Waals surface area contributed by atoms with E-state index in [0.29, 0.717) is 23.9 Å². The van der Waals surface area contributed by atoms with Crippen LogP contribution < -0.4 is 21.3 Å². The molecular weight excluding hydrogens is 610 g/mol. The second-order valence-electron chi connectivity index (χ2n) is 12.3. The van der Waals surface area contributed by atoms with Crippen molar-refractivity contribution in [2.45, 2.75) is 92.1 Å². The van der Waals surface area contributed by atoms with Crippen LogP contribution in [0, 0.1) is 31.6 Å². The number of rotatable bonds is 18. The number of amides is 4. The fourth-order valence-electron chi connectivity index (χ4n) is 4.69. The van der Waals surface area contributed by atoms with E-state index in [1.165, 1.54) is 11.8 Å². The maximum absolute atomic E-state index is 13.5. The minimum absolute atomic E-state index is 0.0289. The molecule has 256 valence electrons. The molecule has 12 nitrogen and oxygen atoms in total. The average molecular weight is 662 g/mol. The van der Waals surface area contributed by atoms with E-state index < -0.39 is 42.1 Å². The zero-order valence-electron chi connectivity index (χ0n) is 28.2. The number of aryl methyl sites for hydroxylation is 2. The number of hydrogen-bond acceptors (Lipinski definition) is 9. The van der Waals surface area contributed by atoms with Crippen LogP contribution in [0.2, 0.25) is 0 Å². The lowest BCUT2D eigenvalue weighted by Gasteiger charge is -2.29. The number of aliphatic hydroxyl groups excluding tert-OH is 1. The Kier molecular flexibility index (Phi) is 16.1. The van der Waals surface area contributed by atoms with Crippen molar-refractivity contribution >= 4 is 35.6 Å². The van der Waals surface area contributed by atoms with Gasteiger partial charge in [0.15, 0.2) is 5.89 Å². The Hall–Kier alpha value is -3.58. The maximum atomic E-state index is 13.5. The fourth-order valence-corrected chi connectivity index (χ4v) is 5.25. The molecule has 0 spiro atoms. The van der Waals surface area contributed by atoms with Gasteiger partial charge in [0.1, 0.15) is 30.1 Å². The summed E-state index contributed by atoms with van der Waals surface area (Å²) in [6.45, 7) is 13.2. The van der Waals surface area contributed by atoms with Crippen LogP contribution in [-0.4, -0.2) is 76.7 Å². The van der Waals surface area contributed by atoms with Gasteiger partial charge in [0.05, 0.1) is 12.1 Å². The topological polar surface area (TPSA) is 172 Å². The normalized spacial score (nSPS) is 14.6. The van der Waals surface area contributed by atoms with Crippen molar-refractivity contribution in [3.8, 4) is 0 Å². The number of nitrogens with one attached hydrogen (secondary N) is 4. The quantitative estimate of drug-likeness (QED) is 0.161. The standard InChI is InChI=1S/C33H51N5O7S/c1-19(2)16-34-32(42)29(20(3)4)38-30(40)21(5)14-28(39)25(15-24-12-10-9-11-13-24)36-31(41)27(18-46-8)37-33(43)44-17-26-22(6)45-23(7)35-26/h9-13,19-21,25,27-29,39H,14-18H2,1-8H3,(H,34,42)(H,36,41)(H,37,43)(H,38,40)/t21-,25-,27+,28+,29-/m1/s1. The van der Waals surface area contributed by atoms with Crippen molar-refractivity contribution < 1.29 is 33.4 Å². The summed E-state index contributed by atoms with van der Waals surface area (Å²) in [4.78, 5) is 56.2. The van der Waals surface area contributed by atoms with Gasteiger partial charge in [-0.05, 0) is 43.4 Å². The summed E-state index contributed by atoms with van der Waals surface area (Å²) >= 11 is 1.36. The van der Waals surface area contributed by atoms with Crippen molar-refractivity contribution in [1.82, 2.24) is 26.3 Å². The summed E-state index contributed by atoms with van der Waals surface area (Å²) < 4.78 is 10.6. The summed E-state index contributed by atoms with van der Waals surface area (Å²) in [5.41, 5.74) is 1.36. The van der Waals surface area contributed by atoms with E-state index in [2.05, 4.69) is 26.3 Å². The molecule has 1 aromatic heterocycles. The molecule has 2 rings (SSSR count). The third kappa shape index (κ3) is 13.0. The molecule has 1 aromatic carbocycles. The number of oxazole rings is 1. The smallest absolute Gasteiger partial charge is 0.408 e. The zero-order chi connectivity index (χ0) is 34.4. The summed E-state index contributed by atoms with van der Waals surface area (Å²) in [6.07, 6.45) is 0.213. The molecule has 5 atom stereocenters. The molecule has 0 fully saturated rings. The fraction of sp³-hybridized carbons (Fsp3) is 0.606. The number of carbonyl (C=O) groups excluding carboxylic acids is 4. The molecule has 1 heterocycles. The van der Waals surface area contributed by atoms with Crippen LogP contribution in [0.5, 0.6) is 0 Å². The predicted molar refractivity (Wildman–Crippen MR) is 178 cm³/mol. The number of nitrogens with zero attached hydrogens (tertiary/aromatic N) is 1. The van der Waals surface area contributed by atoms with Crippen LogP contribution in [0.15, 0.2) is 34.7 Å². The number of aliphatic hydroxyl groups is 1. The Labute approximate surface area is 276 Å². The van der Waals surface area contributed by atoms with Crippen molar-refractivity contribution in [3.05, 3.63) is 53.2 Å².